The summed E-state index contributed by atoms with van der Waals surface area (Å²) in [4.78, 5) is 14.2. The Morgan fingerprint density at radius 3 is 2.61 bits per heavy atom. The van der Waals surface area contributed by atoms with Gasteiger partial charge in [-0.1, -0.05) is 0 Å². The minimum Gasteiger partial charge on any atom is -0.390 e. The number of likely N-dealkylation sites (tertiary alicyclic amines) is 1. The van der Waals surface area contributed by atoms with E-state index in [1.807, 2.05) is 0 Å². The van der Waals surface area contributed by atoms with Crippen LogP contribution in [0.3, 0.4) is 0 Å². The van der Waals surface area contributed by atoms with E-state index in [0.29, 0.717) is 24.9 Å². The lowest BCUT2D eigenvalue weighted by Gasteiger charge is -2.60. The van der Waals surface area contributed by atoms with Crippen LogP contribution in [0.15, 0.2) is 0 Å². The van der Waals surface area contributed by atoms with Crippen LogP contribution < -0.4 is 5.32 Å². The number of carbonyl (C=O) groups is 1. The van der Waals surface area contributed by atoms with Gasteiger partial charge in [-0.05, 0) is 63.2 Å². The van der Waals surface area contributed by atoms with E-state index in [1.54, 1.807) is 4.90 Å². The van der Waals surface area contributed by atoms with Gasteiger partial charge in [-0.15, -0.1) is 12.4 Å². The van der Waals surface area contributed by atoms with Crippen LogP contribution >= 0.6 is 12.4 Å². The lowest BCUT2D eigenvalue weighted by molar-refractivity contribution is -0.147. The molecule has 5 nitrogen and oxygen atoms in total. The summed E-state index contributed by atoms with van der Waals surface area (Å²) in [5, 5.41) is 23.4. The lowest BCUT2D eigenvalue weighted by Crippen LogP contribution is -2.65. The normalized spacial score (nSPS) is 44.0. The van der Waals surface area contributed by atoms with E-state index < -0.39 is 5.60 Å². The van der Waals surface area contributed by atoms with Crippen LogP contribution in [0.5, 0.6) is 0 Å². The number of carbonyl (C=O) groups excluding carboxylic acids is 1. The molecule has 6 heteroatoms. The first kappa shape index (κ1) is 17.0. The summed E-state index contributed by atoms with van der Waals surface area (Å²) < 4.78 is 0. The van der Waals surface area contributed by atoms with E-state index in [1.165, 1.54) is 6.42 Å². The average Bonchev–Trinajstić information content (AvgIpc) is 2.90. The van der Waals surface area contributed by atoms with E-state index in [9.17, 15) is 9.90 Å². The molecule has 4 saturated carbocycles. The molecule has 128 valence electrons. The number of aliphatic hydroxyl groups is 1. The Labute approximate surface area is 143 Å². The minimum atomic E-state index is -0.497. The molecule has 0 aromatic rings. The number of halogens is 1. The van der Waals surface area contributed by atoms with E-state index in [4.69, 9.17) is 5.26 Å². The smallest absolute Gasteiger partial charge is 0.237 e. The molecule has 0 radical (unpaired) electrons. The number of rotatable bonds is 3. The molecule has 0 aromatic heterocycles. The summed E-state index contributed by atoms with van der Waals surface area (Å²) >= 11 is 0. The zero-order valence-corrected chi connectivity index (χ0v) is 14.3. The van der Waals surface area contributed by atoms with Gasteiger partial charge in [0.15, 0.2) is 0 Å². The molecular weight excluding hydrogens is 314 g/mol. The van der Waals surface area contributed by atoms with Crippen molar-refractivity contribution >= 4 is 18.3 Å². The second-order valence-electron chi connectivity index (χ2n) is 8.19. The van der Waals surface area contributed by atoms with Gasteiger partial charge in [-0.3, -0.25) is 4.79 Å². The van der Waals surface area contributed by atoms with Crippen LogP contribution in [0.1, 0.15) is 51.4 Å². The first-order chi connectivity index (χ1) is 10.5. The third kappa shape index (κ3) is 2.97. The Morgan fingerprint density at radius 2 is 2.00 bits per heavy atom. The number of nitrogens with one attached hydrogen (secondary N) is 1. The van der Waals surface area contributed by atoms with Crippen molar-refractivity contribution in [3.05, 3.63) is 0 Å². The van der Waals surface area contributed by atoms with Gasteiger partial charge < -0.3 is 15.3 Å². The molecule has 2 N–H and O–H groups in total. The van der Waals surface area contributed by atoms with Crippen LogP contribution in [0, 0.1) is 23.2 Å². The average molecular weight is 340 g/mol. The van der Waals surface area contributed by atoms with Gasteiger partial charge in [0.2, 0.25) is 5.91 Å². The molecule has 1 heterocycles. The molecule has 5 fully saturated rings. The highest BCUT2D eigenvalue weighted by Gasteiger charge is 2.57. The van der Waals surface area contributed by atoms with Crippen molar-refractivity contribution in [3.63, 3.8) is 0 Å². The van der Waals surface area contributed by atoms with Gasteiger partial charge >= 0.3 is 0 Å². The fourth-order valence-electron chi connectivity index (χ4n) is 5.99. The van der Waals surface area contributed by atoms with Crippen molar-refractivity contribution < 1.29 is 9.90 Å². The van der Waals surface area contributed by atoms with Crippen LogP contribution in [-0.4, -0.2) is 46.2 Å². The van der Waals surface area contributed by atoms with Crippen molar-refractivity contribution in [2.45, 2.75) is 68.5 Å². The molecule has 5 aliphatic rings. The molecule has 2 unspecified atom stereocenters. The lowest BCUT2D eigenvalue weighted by atomic mass is 9.51. The third-order valence-corrected chi connectivity index (χ3v) is 6.37. The molecule has 1 aliphatic heterocycles. The standard InChI is InChI=1S/C17H25N3O2.ClH/c18-9-14-2-1-3-20(14)15(21)10-19-16-5-12-4-13(6-16)8-17(22,7-12)11-16;/h12-14,19,22H,1-8,10-11H2;1H/t12-,13+,14-,16?,17?;/m0./s1. The number of hydrogen-bond acceptors (Lipinski definition) is 4. The maximum absolute atomic E-state index is 12.4. The number of hydrogen-bond donors (Lipinski definition) is 2. The fraction of sp³-hybridized carbons (Fsp3) is 0.882. The van der Waals surface area contributed by atoms with E-state index >= 15 is 0 Å². The SMILES string of the molecule is Cl.N#C[C@@H]1CCCN1C(=O)CNC12C[C@@H]3C[C@@H](CC(O)(C3)C1)C2. The fourth-order valence-corrected chi connectivity index (χ4v) is 5.99. The molecule has 5 rings (SSSR count). The Balaban J connectivity index is 0.00000156. The number of nitriles is 1. The zero-order chi connectivity index (χ0) is 15.4. The highest BCUT2D eigenvalue weighted by atomic mass is 35.5. The summed E-state index contributed by atoms with van der Waals surface area (Å²) in [5.41, 5.74) is -0.542. The summed E-state index contributed by atoms with van der Waals surface area (Å²) in [6.45, 7) is 1.02. The first-order valence-electron chi connectivity index (χ1n) is 8.67. The monoisotopic (exact) mass is 339 g/mol. The summed E-state index contributed by atoms with van der Waals surface area (Å²) in [5.74, 6) is 1.28. The van der Waals surface area contributed by atoms with Gasteiger partial charge in [0, 0.05) is 12.1 Å². The van der Waals surface area contributed by atoms with Gasteiger partial charge in [0.05, 0.1) is 18.2 Å². The Kier molecular flexibility index (Phi) is 4.37. The molecule has 4 aliphatic carbocycles. The van der Waals surface area contributed by atoms with Crippen molar-refractivity contribution in [2.75, 3.05) is 13.1 Å². The van der Waals surface area contributed by atoms with Crippen molar-refractivity contribution in [1.82, 2.24) is 10.2 Å². The number of amides is 1. The molecule has 1 amide bonds. The van der Waals surface area contributed by atoms with E-state index in [0.717, 1.165) is 44.9 Å². The molecule has 23 heavy (non-hydrogen) atoms. The van der Waals surface area contributed by atoms with Crippen LogP contribution in [-0.2, 0) is 4.79 Å². The van der Waals surface area contributed by atoms with Crippen LogP contribution in [0.2, 0.25) is 0 Å². The van der Waals surface area contributed by atoms with Gasteiger partial charge in [0.1, 0.15) is 6.04 Å². The van der Waals surface area contributed by atoms with Gasteiger partial charge in [0.25, 0.3) is 0 Å². The van der Waals surface area contributed by atoms with Crippen molar-refractivity contribution in [1.29, 1.82) is 5.26 Å². The third-order valence-electron chi connectivity index (χ3n) is 6.37. The Hall–Kier alpha value is -0.830. The van der Waals surface area contributed by atoms with E-state index in [-0.39, 0.29) is 29.9 Å². The summed E-state index contributed by atoms with van der Waals surface area (Å²) in [7, 11) is 0. The van der Waals surface area contributed by atoms with Crippen molar-refractivity contribution in [3.8, 4) is 6.07 Å². The predicted octanol–water partition coefficient (Wildman–Crippen LogP) is 1.60. The topological polar surface area (TPSA) is 76.4 Å². The van der Waals surface area contributed by atoms with Crippen LogP contribution in [0.4, 0.5) is 0 Å². The molecule has 1 saturated heterocycles. The van der Waals surface area contributed by atoms with Gasteiger partial charge in [-0.25, -0.2) is 0 Å². The highest BCUT2D eigenvalue weighted by molar-refractivity contribution is 5.85. The van der Waals surface area contributed by atoms with Crippen LogP contribution in [0.25, 0.3) is 0 Å². The van der Waals surface area contributed by atoms with Crippen molar-refractivity contribution in [2.24, 2.45) is 11.8 Å². The quantitative estimate of drug-likeness (QED) is 0.818. The molecule has 5 atom stereocenters. The summed E-state index contributed by atoms with van der Waals surface area (Å²) in [6.07, 6.45) is 7.87. The minimum absolute atomic E-state index is 0. The molecular formula is C17H26ClN3O2. The number of nitrogens with zero attached hydrogens (tertiary/aromatic N) is 2. The zero-order valence-electron chi connectivity index (χ0n) is 13.5. The second-order valence-corrected chi connectivity index (χ2v) is 8.19. The highest BCUT2D eigenvalue weighted by Crippen LogP contribution is 2.57. The molecule has 0 aromatic carbocycles. The van der Waals surface area contributed by atoms with E-state index in [2.05, 4.69) is 11.4 Å². The Bertz CT molecular complexity index is 518. The Morgan fingerprint density at radius 1 is 1.30 bits per heavy atom. The predicted molar refractivity (Wildman–Crippen MR) is 88.0 cm³/mol. The maximum atomic E-state index is 12.4. The second kappa shape index (κ2) is 5.91. The summed E-state index contributed by atoms with van der Waals surface area (Å²) in [6, 6.07) is 1.99. The molecule has 4 bridgehead atoms. The maximum Gasteiger partial charge on any atom is 0.237 e. The van der Waals surface area contributed by atoms with Gasteiger partial charge in [-0.2, -0.15) is 5.26 Å². The largest absolute Gasteiger partial charge is 0.390 e. The first-order valence-corrected chi connectivity index (χ1v) is 8.67. The molecule has 0 spiro atoms.